The number of benzene rings is 2. The van der Waals surface area contributed by atoms with Crippen LogP contribution in [0.25, 0.3) is 0 Å². The molecule has 3 aliphatic heterocycles. The number of hydrogen-bond acceptors (Lipinski definition) is 8. The Bertz CT molecular complexity index is 1650. The lowest BCUT2D eigenvalue weighted by Gasteiger charge is -2.42. The van der Waals surface area contributed by atoms with Gasteiger partial charge in [0, 0.05) is 37.6 Å². The van der Waals surface area contributed by atoms with E-state index < -0.39 is 21.7 Å². The molecule has 3 aromatic rings. The Labute approximate surface area is 285 Å². The lowest BCUT2D eigenvalue weighted by Crippen LogP contribution is -2.49. The van der Waals surface area contributed by atoms with Crippen LogP contribution < -0.4 is 9.04 Å². The molecule has 0 aliphatic carbocycles. The summed E-state index contributed by atoms with van der Waals surface area (Å²) in [5.74, 6) is 0.518. The molecule has 3 aliphatic rings. The highest BCUT2D eigenvalue weighted by Crippen LogP contribution is 2.39. The molecule has 0 unspecified atom stereocenters. The van der Waals surface area contributed by atoms with Gasteiger partial charge in [-0.1, -0.05) is 24.3 Å². The van der Waals surface area contributed by atoms with Crippen LogP contribution in [0.4, 0.5) is 5.69 Å². The number of pyridine rings is 1. The third-order valence-corrected chi connectivity index (χ3v) is 12.3. The topological polar surface area (TPSA) is 102 Å². The summed E-state index contributed by atoms with van der Waals surface area (Å²) in [6.45, 7) is 8.50. The zero-order valence-electron chi connectivity index (χ0n) is 28.4. The second kappa shape index (κ2) is 14.9. The normalized spacial score (nSPS) is 19.7. The monoisotopic (exact) mass is 676 g/mol. The molecule has 0 spiro atoms. The molecule has 0 radical (unpaired) electrons. The Morgan fingerprint density at radius 2 is 1.73 bits per heavy atom. The number of nitrogens with zero attached hydrogens (tertiary/aromatic N) is 4. The van der Waals surface area contributed by atoms with Gasteiger partial charge in [-0.2, -0.15) is 0 Å². The number of methoxy groups -OCH3 is 1. The first-order valence-corrected chi connectivity index (χ1v) is 18.6. The van der Waals surface area contributed by atoms with Gasteiger partial charge >= 0.3 is 0 Å². The van der Waals surface area contributed by atoms with Crippen LogP contribution in [-0.4, -0.2) is 94.8 Å². The van der Waals surface area contributed by atoms with Crippen LogP contribution in [-0.2, 0) is 36.3 Å². The van der Waals surface area contributed by atoms with E-state index in [2.05, 4.69) is 16.0 Å². The summed E-state index contributed by atoms with van der Waals surface area (Å²) in [6, 6.07) is 14.7. The fourth-order valence-corrected chi connectivity index (χ4v) is 9.72. The van der Waals surface area contributed by atoms with E-state index in [1.54, 1.807) is 39.3 Å². The van der Waals surface area contributed by atoms with Crippen molar-refractivity contribution in [3.63, 3.8) is 0 Å². The number of fused-ring (bicyclic) bond motifs is 1. The number of likely N-dealkylation sites (tertiary alicyclic amines) is 2. The molecular formula is C37H48N4O6S. The summed E-state index contributed by atoms with van der Waals surface area (Å²) < 4.78 is 48.4. The lowest BCUT2D eigenvalue weighted by atomic mass is 9.85. The Morgan fingerprint density at radius 1 is 1.00 bits per heavy atom. The van der Waals surface area contributed by atoms with Crippen LogP contribution in [0.2, 0.25) is 0 Å². The summed E-state index contributed by atoms with van der Waals surface area (Å²) in [4.78, 5) is 22.3. The largest absolute Gasteiger partial charge is 0.497 e. The molecule has 0 saturated carbocycles. The van der Waals surface area contributed by atoms with Crippen LogP contribution in [0.1, 0.15) is 54.4 Å². The molecule has 258 valence electrons. The molecule has 1 atom stereocenters. The Morgan fingerprint density at radius 3 is 2.42 bits per heavy atom. The number of ether oxygens (including phenoxy) is 3. The minimum atomic E-state index is -3.95. The number of aryl methyl sites for hydroxylation is 3. The first kappa shape index (κ1) is 34.4. The maximum Gasteiger partial charge on any atom is 0.265 e. The molecule has 2 aromatic carbocycles. The number of carbonyl (C=O) groups is 1. The summed E-state index contributed by atoms with van der Waals surface area (Å²) in [7, 11) is -2.38. The minimum Gasteiger partial charge on any atom is -0.497 e. The molecule has 1 aromatic heterocycles. The van der Waals surface area contributed by atoms with E-state index >= 15 is 0 Å². The molecule has 10 nitrogen and oxygen atoms in total. The fourth-order valence-electron chi connectivity index (χ4n) is 7.60. The SMILES string of the molecule is COc1cc(C)c(S(=O)(=O)N2c3ccccc3CC[C@H]2COCC(=O)N2CCC(OCCN3CCCC3)(c3cccnc3)CC2)c(C)c1. The van der Waals surface area contributed by atoms with Gasteiger partial charge in [0.25, 0.3) is 10.0 Å². The quantitative estimate of drug-likeness (QED) is 0.268. The summed E-state index contributed by atoms with van der Waals surface area (Å²) in [5.41, 5.74) is 3.45. The van der Waals surface area contributed by atoms with Gasteiger partial charge in [-0.05, 0) is 106 Å². The zero-order valence-corrected chi connectivity index (χ0v) is 29.2. The van der Waals surface area contributed by atoms with Crippen molar-refractivity contribution >= 4 is 21.6 Å². The summed E-state index contributed by atoms with van der Waals surface area (Å²) in [6.07, 6.45) is 8.82. The van der Waals surface area contributed by atoms with Crippen LogP contribution in [0.3, 0.4) is 0 Å². The predicted molar refractivity (Wildman–Crippen MR) is 185 cm³/mol. The third-order valence-electron chi connectivity index (χ3n) is 10.1. The highest BCUT2D eigenvalue weighted by atomic mass is 32.2. The smallest absolute Gasteiger partial charge is 0.265 e. The third kappa shape index (κ3) is 7.24. The van der Waals surface area contributed by atoms with Crippen molar-refractivity contribution in [1.29, 1.82) is 0 Å². The number of rotatable bonds is 12. The number of para-hydroxylation sites is 1. The Kier molecular flexibility index (Phi) is 10.7. The predicted octanol–water partition coefficient (Wildman–Crippen LogP) is 4.86. The van der Waals surface area contributed by atoms with Crippen molar-refractivity contribution in [3.05, 3.63) is 83.2 Å². The van der Waals surface area contributed by atoms with Crippen LogP contribution in [0.5, 0.6) is 5.75 Å². The number of carbonyl (C=O) groups excluding carboxylic acids is 1. The average molecular weight is 677 g/mol. The molecule has 2 fully saturated rings. The van der Waals surface area contributed by atoms with E-state index in [4.69, 9.17) is 14.2 Å². The maximum absolute atomic E-state index is 14.4. The Hall–Kier alpha value is -3.51. The van der Waals surface area contributed by atoms with Gasteiger partial charge in [0.2, 0.25) is 5.91 Å². The molecular weight excluding hydrogens is 628 g/mol. The van der Waals surface area contributed by atoms with E-state index in [0.717, 1.165) is 37.2 Å². The zero-order chi connectivity index (χ0) is 33.7. The van der Waals surface area contributed by atoms with Gasteiger partial charge in [-0.25, -0.2) is 8.42 Å². The van der Waals surface area contributed by atoms with Gasteiger partial charge in [0.1, 0.15) is 12.4 Å². The van der Waals surface area contributed by atoms with Gasteiger partial charge < -0.3 is 24.0 Å². The first-order chi connectivity index (χ1) is 23.2. The van der Waals surface area contributed by atoms with Crippen LogP contribution >= 0.6 is 0 Å². The molecule has 0 N–H and O–H groups in total. The number of amides is 1. The van der Waals surface area contributed by atoms with Gasteiger partial charge in [0.05, 0.1) is 42.5 Å². The molecule has 0 bridgehead atoms. The summed E-state index contributed by atoms with van der Waals surface area (Å²) in [5, 5.41) is 0. The Balaban J connectivity index is 1.11. The number of aromatic nitrogens is 1. The van der Waals surface area contributed by atoms with E-state index in [0.29, 0.717) is 61.5 Å². The second-order valence-corrected chi connectivity index (χ2v) is 15.0. The molecule has 4 heterocycles. The van der Waals surface area contributed by atoms with E-state index in [-0.39, 0.29) is 24.0 Å². The number of piperidine rings is 1. The maximum atomic E-state index is 14.4. The van der Waals surface area contributed by atoms with Crippen molar-refractivity contribution in [2.75, 3.05) is 64.0 Å². The van der Waals surface area contributed by atoms with Crippen molar-refractivity contribution in [2.45, 2.75) is 68.9 Å². The average Bonchev–Trinajstić information content (AvgIpc) is 3.62. The van der Waals surface area contributed by atoms with Gasteiger partial charge in [-0.3, -0.25) is 14.1 Å². The number of anilines is 1. The molecule has 2 saturated heterocycles. The van der Waals surface area contributed by atoms with E-state index in [9.17, 15) is 13.2 Å². The van der Waals surface area contributed by atoms with E-state index in [1.807, 2.05) is 41.4 Å². The second-order valence-electron chi connectivity index (χ2n) is 13.2. The van der Waals surface area contributed by atoms with Crippen molar-refractivity contribution in [2.24, 2.45) is 0 Å². The molecule has 6 rings (SSSR count). The molecule has 1 amide bonds. The highest BCUT2D eigenvalue weighted by molar-refractivity contribution is 7.93. The minimum absolute atomic E-state index is 0.0979. The lowest BCUT2D eigenvalue weighted by molar-refractivity contribution is -0.144. The molecule has 48 heavy (non-hydrogen) atoms. The van der Waals surface area contributed by atoms with E-state index in [1.165, 1.54) is 17.1 Å². The standard InChI is InChI=1S/C37H48N4O6S/c1-28-23-33(45-3)24-29(2)36(28)48(43,44)41-32(13-12-30-9-4-5-11-34(30)41)26-46-27-35(42)40-19-14-37(15-20-40,31-10-8-16-38-25-31)47-22-21-39-17-6-7-18-39/h4-5,8-11,16,23-25,32H,6-7,12-15,17-22,26-27H2,1-3H3/t32-/m0/s1. The number of sulfonamides is 1. The first-order valence-electron chi connectivity index (χ1n) is 17.1. The number of hydrogen-bond donors (Lipinski definition) is 0. The van der Waals surface area contributed by atoms with Crippen molar-refractivity contribution < 1.29 is 27.4 Å². The van der Waals surface area contributed by atoms with Crippen LogP contribution in [0, 0.1) is 13.8 Å². The fraction of sp³-hybridized carbons (Fsp3) is 0.514. The van der Waals surface area contributed by atoms with Gasteiger partial charge in [0.15, 0.2) is 0 Å². The highest BCUT2D eigenvalue weighted by Gasteiger charge is 2.40. The van der Waals surface area contributed by atoms with Crippen molar-refractivity contribution in [3.8, 4) is 5.75 Å². The van der Waals surface area contributed by atoms with Crippen molar-refractivity contribution in [1.82, 2.24) is 14.8 Å². The van der Waals surface area contributed by atoms with Gasteiger partial charge in [-0.15, -0.1) is 0 Å². The molecule has 11 heteroatoms. The summed E-state index contributed by atoms with van der Waals surface area (Å²) >= 11 is 0. The van der Waals surface area contributed by atoms with Crippen LogP contribution in [0.15, 0.2) is 65.8 Å².